The summed E-state index contributed by atoms with van der Waals surface area (Å²) >= 11 is 0. The third kappa shape index (κ3) is 2.21. The molecule has 1 aromatic carbocycles. The molecule has 1 aromatic heterocycles. The van der Waals surface area contributed by atoms with Crippen LogP contribution < -0.4 is 11.1 Å². The summed E-state index contributed by atoms with van der Waals surface area (Å²) in [5.41, 5.74) is 7.42. The first kappa shape index (κ1) is 10.7. The number of nitrogens with zero attached hydrogens (tertiary/aromatic N) is 2. The van der Waals surface area contributed by atoms with Crippen LogP contribution in [0.15, 0.2) is 24.5 Å². The van der Waals surface area contributed by atoms with E-state index in [-0.39, 0.29) is 0 Å². The first-order chi connectivity index (χ1) is 7.81. The molecule has 1 heterocycles. The third-order valence-corrected chi connectivity index (χ3v) is 2.48. The SMILES string of the molecule is CCCCNc1ncnc2ccc(N)cc12. The zero-order valence-corrected chi connectivity index (χ0v) is 9.40. The molecule has 0 amide bonds. The summed E-state index contributed by atoms with van der Waals surface area (Å²) in [4.78, 5) is 8.45. The van der Waals surface area contributed by atoms with Crippen LogP contribution in [0.5, 0.6) is 0 Å². The summed E-state index contributed by atoms with van der Waals surface area (Å²) in [5, 5.41) is 4.29. The van der Waals surface area contributed by atoms with E-state index in [4.69, 9.17) is 5.73 Å². The van der Waals surface area contributed by atoms with Gasteiger partial charge < -0.3 is 11.1 Å². The van der Waals surface area contributed by atoms with E-state index in [0.29, 0.717) is 0 Å². The molecule has 0 saturated heterocycles. The van der Waals surface area contributed by atoms with E-state index in [9.17, 15) is 0 Å². The predicted molar refractivity (Wildman–Crippen MR) is 67.3 cm³/mol. The van der Waals surface area contributed by atoms with Crippen molar-refractivity contribution in [3.63, 3.8) is 0 Å². The Bertz CT molecular complexity index is 481. The number of fused-ring (bicyclic) bond motifs is 1. The Morgan fingerprint density at radius 2 is 2.19 bits per heavy atom. The summed E-state index contributed by atoms with van der Waals surface area (Å²) < 4.78 is 0. The lowest BCUT2D eigenvalue weighted by atomic mass is 10.2. The van der Waals surface area contributed by atoms with E-state index in [1.807, 2.05) is 18.2 Å². The van der Waals surface area contributed by atoms with Crippen LogP contribution in [0.3, 0.4) is 0 Å². The molecule has 0 saturated carbocycles. The number of hydrogen-bond acceptors (Lipinski definition) is 4. The minimum Gasteiger partial charge on any atom is -0.399 e. The zero-order chi connectivity index (χ0) is 11.4. The van der Waals surface area contributed by atoms with Crippen molar-refractivity contribution in [2.24, 2.45) is 0 Å². The van der Waals surface area contributed by atoms with Crippen LogP contribution in [0.1, 0.15) is 19.8 Å². The summed E-state index contributed by atoms with van der Waals surface area (Å²) in [6.45, 7) is 3.09. The van der Waals surface area contributed by atoms with E-state index in [1.54, 1.807) is 6.33 Å². The highest BCUT2D eigenvalue weighted by molar-refractivity contribution is 5.91. The normalized spacial score (nSPS) is 10.6. The van der Waals surface area contributed by atoms with E-state index >= 15 is 0 Å². The standard InChI is InChI=1S/C12H16N4/c1-2-3-6-14-12-10-7-9(13)4-5-11(10)15-8-16-12/h4-5,7-8H,2-3,6,13H2,1H3,(H,14,15,16). The number of unbranched alkanes of at least 4 members (excludes halogenated alkanes) is 1. The second-order valence-corrected chi connectivity index (χ2v) is 3.78. The van der Waals surface area contributed by atoms with Gasteiger partial charge in [0, 0.05) is 17.6 Å². The quantitative estimate of drug-likeness (QED) is 0.608. The van der Waals surface area contributed by atoms with Gasteiger partial charge in [-0.2, -0.15) is 0 Å². The summed E-state index contributed by atoms with van der Waals surface area (Å²) in [7, 11) is 0. The first-order valence-electron chi connectivity index (χ1n) is 5.55. The fourth-order valence-electron chi connectivity index (χ4n) is 1.60. The van der Waals surface area contributed by atoms with Gasteiger partial charge in [0.1, 0.15) is 12.1 Å². The maximum atomic E-state index is 5.76. The molecular formula is C12H16N4. The van der Waals surface area contributed by atoms with Crippen LogP contribution in [0, 0.1) is 0 Å². The van der Waals surface area contributed by atoms with Gasteiger partial charge in [-0.1, -0.05) is 13.3 Å². The van der Waals surface area contributed by atoms with Gasteiger partial charge in [-0.25, -0.2) is 9.97 Å². The largest absolute Gasteiger partial charge is 0.399 e. The van der Waals surface area contributed by atoms with Crippen molar-refractivity contribution < 1.29 is 0 Å². The fourth-order valence-corrected chi connectivity index (χ4v) is 1.60. The summed E-state index contributed by atoms with van der Waals surface area (Å²) in [5.74, 6) is 0.866. The molecule has 0 radical (unpaired) electrons. The van der Waals surface area contributed by atoms with Crippen molar-refractivity contribution in [3.8, 4) is 0 Å². The number of nitrogen functional groups attached to an aromatic ring is 1. The summed E-state index contributed by atoms with van der Waals surface area (Å²) in [6.07, 6.45) is 3.87. The topological polar surface area (TPSA) is 63.8 Å². The molecule has 2 aromatic rings. The molecule has 2 rings (SSSR count). The van der Waals surface area contributed by atoms with Crippen LogP contribution in [0.4, 0.5) is 11.5 Å². The monoisotopic (exact) mass is 216 g/mol. The van der Waals surface area contributed by atoms with Gasteiger partial charge in [-0.05, 0) is 24.6 Å². The van der Waals surface area contributed by atoms with Gasteiger partial charge in [-0.3, -0.25) is 0 Å². The minimum atomic E-state index is 0.737. The Morgan fingerprint density at radius 3 is 3.00 bits per heavy atom. The number of nitrogens with two attached hydrogens (primary N) is 1. The van der Waals surface area contributed by atoms with Gasteiger partial charge in [0.05, 0.1) is 5.52 Å². The highest BCUT2D eigenvalue weighted by Crippen LogP contribution is 2.21. The smallest absolute Gasteiger partial charge is 0.137 e. The fraction of sp³-hybridized carbons (Fsp3) is 0.333. The average Bonchev–Trinajstić information content (AvgIpc) is 2.30. The average molecular weight is 216 g/mol. The number of rotatable bonds is 4. The van der Waals surface area contributed by atoms with Gasteiger partial charge in [-0.15, -0.1) is 0 Å². The molecule has 0 aliphatic heterocycles. The van der Waals surface area contributed by atoms with E-state index < -0.39 is 0 Å². The highest BCUT2D eigenvalue weighted by atomic mass is 15.0. The highest BCUT2D eigenvalue weighted by Gasteiger charge is 2.02. The molecular weight excluding hydrogens is 200 g/mol. The molecule has 0 aliphatic carbocycles. The van der Waals surface area contributed by atoms with E-state index in [2.05, 4.69) is 22.2 Å². The van der Waals surface area contributed by atoms with Crippen molar-refractivity contribution in [1.82, 2.24) is 9.97 Å². The van der Waals surface area contributed by atoms with Crippen LogP contribution in [-0.2, 0) is 0 Å². The van der Waals surface area contributed by atoms with E-state index in [0.717, 1.165) is 41.8 Å². The van der Waals surface area contributed by atoms with Crippen LogP contribution in [0.25, 0.3) is 10.9 Å². The van der Waals surface area contributed by atoms with E-state index in [1.165, 1.54) is 0 Å². The van der Waals surface area contributed by atoms with Crippen LogP contribution >= 0.6 is 0 Å². The molecule has 0 atom stereocenters. The van der Waals surface area contributed by atoms with Gasteiger partial charge >= 0.3 is 0 Å². The Kier molecular flexibility index (Phi) is 3.19. The van der Waals surface area contributed by atoms with Gasteiger partial charge in [0.15, 0.2) is 0 Å². The van der Waals surface area contributed by atoms with Crippen molar-refractivity contribution in [2.75, 3.05) is 17.6 Å². The molecule has 0 unspecified atom stereocenters. The third-order valence-electron chi connectivity index (χ3n) is 2.48. The van der Waals surface area contributed by atoms with Crippen LogP contribution in [0.2, 0.25) is 0 Å². The molecule has 4 heteroatoms. The van der Waals surface area contributed by atoms with Crippen molar-refractivity contribution in [1.29, 1.82) is 0 Å². The number of benzene rings is 1. The first-order valence-corrected chi connectivity index (χ1v) is 5.55. The minimum absolute atomic E-state index is 0.737. The number of aromatic nitrogens is 2. The molecule has 0 aliphatic rings. The Hall–Kier alpha value is -1.84. The predicted octanol–water partition coefficient (Wildman–Crippen LogP) is 2.42. The molecule has 0 spiro atoms. The van der Waals surface area contributed by atoms with Gasteiger partial charge in [0.2, 0.25) is 0 Å². The zero-order valence-electron chi connectivity index (χ0n) is 9.40. The second-order valence-electron chi connectivity index (χ2n) is 3.78. The van der Waals surface area contributed by atoms with Crippen LogP contribution in [-0.4, -0.2) is 16.5 Å². The molecule has 16 heavy (non-hydrogen) atoms. The second kappa shape index (κ2) is 4.79. The number of hydrogen-bond donors (Lipinski definition) is 2. The molecule has 84 valence electrons. The molecule has 4 nitrogen and oxygen atoms in total. The van der Waals surface area contributed by atoms with Crippen molar-refractivity contribution in [2.45, 2.75) is 19.8 Å². The van der Waals surface area contributed by atoms with Crippen molar-refractivity contribution >= 4 is 22.4 Å². The van der Waals surface area contributed by atoms with Crippen molar-refractivity contribution in [3.05, 3.63) is 24.5 Å². The Morgan fingerprint density at radius 1 is 1.31 bits per heavy atom. The maximum Gasteiger partial charge on any atom is 0.137 e. The Balaban J connectivity index is 2.32. The van der Waals surface area contributed by atoms with Gasteiger partial charge in [0.25, 0.3) is 0 Å². The number of nitrogens with one attached hydrogen (secondary N) is 1. The molecule has 3 N–H and O–H groups in total. The maximum absolute atomic E-state index is 5.76. The summed E-state index contributed by atoms with van der Waals surface area (Å²) in [6, 6.07) is 5.67. The number of anilines is 2. The molecule has 0 fully saturated rings. The Labute approximate surface area is 94.9 Å². The lowest BCUT2D eigenvalue weighted by molar-refractivity contribution is 0.831. The lowest BCUT2D eigenvalue weighted by Crippen LogP contribution is -2.04. The lowest BCUT2D eigenvalue weighted by Gasteiger charge is -2.07. The molecule has 0 bridgehead atoms.